The van der Waals surface area contributed by atoms with Gasteiger partial charge in [0.2, 0.25) is 5.91 Å². The van der Waals surface area contributed by atoms with Crippen molar-refractivity contribution in [1.29, 1.82) is 0 Å². The molecule has 0 saturated carbocycles. The molecular weight excluding hydrogens is 460 g/mol. The number of aromatic nitrogens is 1. The summed E-state index contributed by atoms with van der Waals surface area (Å²) in [6, 6.07) is 23.2. The third-order valence-electron chi connectivity index (χ3n) is 7.52. The van der Waals surface area contributed by atoms with E-state index < -0.39 is 0 Å². The highest BCUT2D eigenvalue weighted by Crippen LogP contribution is 2.28. The highest BCUT2D eigenvalue weighted by Gasteiger charge is 2.26. The van der Waals surface area contributed by atoms with E-state index in [1.54, 1.807) is 0 Å². The van der Waals surface area contributed by atoms with Crippen LogP contribution in [0.5, 0.6) is 5.75 Å². The van der Waals surface area contributed by atoms with Crippen molar-refractivity contribution < 1.29 is 9.53 Å². The van der Waals surface area contributed by atoms with Gasteiger partial charge in [-0.1, -0.05) is 42.5 Å². The van der Waals surface area contributed by atoms with Gasteiger partial charge in [0.25, 0.3) is 0 Å². The van der Waals surface area contributed by atoms with Gasteiger partial charge in [-0.25, -0.2) is 0 Å². The van der Waals surface area contributed by atoms with Crippen molar-refractivity contribution in [1.82, 2.24) is 19.7 Å². The Hall–Kier alpha value is -3.22. The lowest BCUT2D eigenvalue weighted by molar-refractivity contribution is -0.133. The summed E-state index contributed by atoms with van der Waals surface area (Å²) in [6.07, 6.45) is 5.10. The molecule has 6 heteroatoms. The minimum absolute atomic E-state index is 0.197. The van der Waals surface area contributed by atoms with Crippen molar-refractivity contribution in [3.63, 3.8) is 0 Å². The number of benzene rings is 2. The molecule has 1 unspecified atom stereocenters. The van der Waals surface area contributed by atoms with Crippen LogP contribution in [0, 0.1) is 0 Å². The zero-order valence-corrected chi connectivity index (χ0v) is 21.9. The first-order chi connectivity index (χ1) is 18.1. The summed E-state index contributed by atoms with van der Waals surface area (Å²) >= 11 is 0. The summed E-state index contributed by atoms with van der Waals surface area (Å²) in [5.41, 5.74) is 4.83. The average molecular weight is 499 g/mol. The number of piperidine rings is 1. The van der Waals surface area contributed by atoms with Crippen LogP contribution in [0.4, 0.5) is 0 Å². The second kappa shape index (κ2) is 12.3. The Morgan fingerprint density at radius 1 is 1.08 bits per heavy atom. The van der Waals surface area contributed by atoms with Gasteiger partial charge in [-0.15, -0.1) is 0 Å². The maximum Gasteiger partial charge on any atom is 0.237 e. The molecule has 37 heavy (non-hydrogen) atoms. The minimum atomic E-state index is 0.197. The van der Waals surface area contributed by atoms with Gasteiger partial charge in [0.15, 0.2) is 0 Å². The normalized spacial score (nSPS) is 18.2. The summed E-state index contributed by atoms with van der Waals surface area (Å²) in [6.45, 7) is 5.98. The van der Waals surface area contributed by atoms with Gasteiger partial charge in [-0.2, -0.15) is 0 Å². The lowest BCUT2D eigenvalue weighted by Gasteiger charge is -2.34. The number of nitrogens with zero attached hydrogens (tertiary/aromatic N) is 4. The van der Waals surface area contributed by atoms with Crippen molar-refractivity contribution in [3.05, 3.63) is 95.3 Å². The molecule has 0 N–H and O–H groups in total. The molecule has 1 saturated heterocycles. The van der Waals surface area contributed by atoms with Gasteiger partial charge in [-0.05, 0) is 67.7 Å². The Kier molecular flexibility index (Phi) is 8.49. The van der Waals surface area contributed by atoms with Crippen LogP contribution in [0.25, 0.3) is 0 Å². The molecule has 0 radical (unpaired) electrons. The Labute approximate surface area is 220 Å². The monoisotopic (exact) mass is 498 g/mol. The Bertz CT molecular complexity index is 1150. The van der Waals surface area contributed by atoms with Crippen LogP contribution in [0.1, 0.15) is 41.1 Å². The molecule has 2 aliphatic rings. The second-order valence-electron chi connectivity index (χ2n) is 10.4. The third kappa shape index (κ3) is 6.96. The van der Waals surface area contributed by atoms with Crippen LogP contribution in [-0.4, -0.2) is 72.0 Å². The maximum atomic E-state index is 13.4. The lowest BCUT2D eigenvalue weighted by atomic mass is 9.91. The molecule has 3 aromatic rings. The molecule has 6 nitrogen and oxygen atoms in total. The van der Waals surface area contributed by atoms with E-state index in [9.17, 15) is 4.79 Å². The van der Waals surface area contributed by atoms with E-state index >= 15 is 0 Å². The van der Waals surface area contributed by atoms with Crippen molar-refractivity contribution in [3.8, 4) is 5.75 Å². The van der Waals surface area contributed by atoms with Crippen LogP contribution in [0.3, 0.4) is 0 Å². The fourth-order valence-corrected chi connectivity index (χ4v) is 5.49. The first-order valence-corrected chi connectivity index (χ1v) is 13.5. The molecule has 1 atom stereocenters. The van der Waals surface area contributed by atoms with E-state index in [2.05, 4.69) is 76.4 Å². The van der Waals surface area contributed by atoms with E-state index in [0.717, 1.165) is 56.0 Å². The summed E-state index contributed by atoms with van der Waals surface area (Å²) in [5, 5.41) is 0. The van der Waals surface area contributed by atoms with E-state index in [4.69, 9.17) is 4.74 Å². The fourth-order valence-electron chi connectivity index (χ4n) is 5.49. The van der Waals surface area contributed by atoms with Gasteiger partial charge in [0.05, 0.1) is 13.1 Å². The molecule has 5 rings (SSSR count). The predicted molar refractivity (Wildman–Crippen MR) is 146 cm³/mol. The zero-order chi connectivity index (χ0) is 25.5. The number of pyridine rings is 1. The van der Waals surface area contributed by atoms with Crippen molar-refractivity contribution >= 4 is 5.91 Å². The molecule has 2 aromatic carbocycles. The number of carbonyl (C=O) groups is 1. The van der Waals surface area contributed by atoms with E-state index in [0.29, 0.717) is 32.2 Å². The summed E-state index contributed by atoms with van der Waals surface area (Å²) in [4.78, 5) is 24.4. The number of carbonyl (C=O) groups excluding carboxylic acids is 1. The van der Waals surface area contributed by atoms with Crippen LogP contribution in [0.15, 0.2) is 72.9 Å². The number of likely N-dealkylation sites (tertiary alicyclic amines) is 1. The SMILES string of the molecule is CN(CCc1ccccn1)Cc1ccc2c(c1)CN(C(=O)CN1CCCC(c3ccccc3)C1)CCO2. The Morgan fingerprint density at radius 3 is 2.78 bits per heavy atom. The molecule has 2 aliphatic heterocycles. The topological polar surface area (TPSA) is 48.9 Å². The average Bonchev–Trinajstić information content (AvgIpc) is 3.15. The Balaban J connectivity index is 1.17. The standard InChI is InChI=1S/C31H38N4O2/c1-33(17-14-29-11-5-6-15-32-29)21-25-12-13-30-28(20-25)23-35(18-19-37-30)31(36)24-34-16-7-10-27(22-34)26-8-3-2-4-9-26/h2-6,8-9,11-13,15,20,27H,7,10,14,16-19,21-24H2,1H3. The first kappa shape index (κ1) is 25.4. The van der Waals surface area contributed by atoms with Gasteiger partial charge in [-0.3, -0.25) is 14.7 Å². The van der Waals surface area contributed by atoms with Crippen molar-refractivity contribution in [2.45, 2.75) is 38.3 Å². The van der Waals surface area contributed by atoms with Crippen LogP contribution < -0.4 is 4.74 Å². The highest BCUT2D eigenvalue weighted by molar-refractivity contribution is 5.78. The van der Waals surface area contributed by atoms with Gasteiger partial charge < -0.3 is 14.5 Å². The highest BCUT2D eigenvalue weighted by atomic mass is 16.5. The zero-order valence-electron chi connectivity index (χ0n) is 21.9. The minimum Gasteiger partial charge on any atom is -0.491 e. The first-order valence-electron chi connectivity index (χ1n) is 13.5. The smallest absolute Gasteiger partial charge is 0.237 e. The van der Waals surface area contributed by atoms with Crippen LogP contribution >= 0.6 is 0 Å². The number of fused-ring (bicyclic) bond motifs is 1. The quantitative estimate of drug-likeness (QED) is 0.462. The fraction of sp³-hybridized carbons (Fsp3) is 0.419. The number of hydrogen-bond acceptors (Lipinski definition) is 5. The van der Waals surface area contributed by atoms with Crippen LogP contribution in [-0.2, 0) is 24.3 Å². The molecule has 1 aromatic heterocycles. The van der Waals surface area contributed by atoms with Gasteiger partial charge >= 0.3 is 0 Å². The van der Waals surface area contributed by atoms with E-state index in [-0.39, 0.29) is 5.91 Å². The van der Waals surface area contributed by atoms with Crippen molar-refractivity contribution in [2.75, 3.05) is 46.4 Å². The number of ether oxygens (including phenoxy) is 1. The summed E-state index contributed by atoms with van der Waals surface area (Å²) < 4.78 is 6.03. The van der Waals surface area contributed by atoms with E-state index in [1.807, 2.05) is 23.2 Å². The lowest BCUT2D eigenvalue weighted by Crippen LogP contribution is -2.44. The van der Waals surface area contributed by atoms with Crippen LogP contribution in [0.2, 0.25) is 0 Å². The summed E-state index contributed by atoms with van der Waals surface area (Å²) in [7, 11) is 2.14. The number of amides is 1. The number of likely N-dealkylation sites (N-methyl/N-ethyl adjacent to an activating group) is 1. The maximum absolute atomic E-state index is 13.4. The molecule has 0 spiro atoms. The van der Waals surface area contributed by atoms with Gasteiger partial charge in [0, 0.05) is 50.1 Å². The third-order valence-corrected chi connectivity index (χ3v) is 7.52. The largest absolute Gasteiger partial charge is 0.491 e. The molecule has 194 valence electrons. The summed E-state index contributed by atoms with van der Waals surface area (Å²) in [5.74, 6) is 1.61. The number of hydrogen-bond donors (Lipinski definition) is 0. The molecule has 1 fully saturated rings. The second-order valence-corrected chi connectivity index (χ2v) is 10.4. The predicted octanol–water partition coefficient (Wildman–Crippen LogP) is 4.36. The number of rotatable bonds is 8. The Morgan fingerprint density at radius 2 is 1.95 bits per heavy atom. The van der Waals surface area contributed by atoms with E-state index in [1.165, 1.54) is 17.5 Å². The molecule has 0 bridgehead atoms. The molecular formula is C31H38N4O2. The van der Waals surface area contributed by atoms with Crippen molar-refractivity contribution in [2.24, 2.45) is 0 Å². The molecule has 1 amide bonds. The van der Waals surface area contributed by atoms with Gasteiger partial charge in [0.1, 0.15) is 12.4 Å². The molecule has 0 aliphatic carbocycles. The molecule has 3 heterocycles.